The minimum atomic E-state index is -0.462. The van der Waals surface area contributed by atoms with Gasteiger partial charge in [0.15, 0.2) is 0 Å². The van der Waals surface area contributed by atoms with Gasteiger partial charge in [0.1, 0.15) is 5.75 Å². The van der Waals surface area contributed by atoms with Crippen molar-refractivity contribution in [1.82, 2.24) is 0 Å². The number of thioether (sulfide) groups is 1. The summed E-state index contributed by atoms with van der Waals surface area (Å²) in [6.45, 7) is 1.44. The van der Waals surface area contributed by atoms with Crippen LogP contribution in [-0.4, -0.2) is 30.1 Å². The van der Waals surface area contributed by atoms with Crippen LogP contribution < -0.4 is 15.0 Å². The molecule has 1 aliphatic rings. The van der Waals surface area contributed by atoms with Crippen molar-refractivity contribution < 1.29 is 19.1 Å². The van der Waals surface area contributed by atoms with Crippen molar-refractivity contribution in [1.29, 1.82) is 0 Å². The van der Waals surface area contributed by atoms with Crippen molar-refractivity contribution >= 4 is 40.9 Å². The number of anilines is 2. The fourth-order valence-electron chi connectivity index (χ4n) is 2.68. The summed E-state index contributed by atoms with van der Waals surface area (Å²) in [6, 6.07) is 14.0. The van der Waals surface area contributed by atoms with Crippen LogP contribution in [0.15, 0.2) is 53.4 Å². The fourth-order valence-corrected chi connectivity index (χ4v) is 3.74. The Bertz CT molecular complexity index is 834. The summed E-state index contributed by atoms with van der Waals surface area (Å²) in [4.78, 5) is 38.2. The number of hydrogen-bond acceptors (Lipinski definition) is 5. The number of nitrogens with zero attached hydrogens (tertiary/aromatic N) is 1. The first-order valence-corrected chi connectivity index (χ1v) is 8.91. The maximum Gasteiger partial charge on any atom is 0.247 e. The van der Waals surface area contributed by atoms with E-state index >= 15 is 0 Å². The van der Waals surface area contributed by atoms with E-state index in [1.807, 2.05) is 12.1 Å². The van der Waals surface area contributed by atoms with Gasteiger partial charge in [-0.2, -0.15) is 0 Å². The lowest BCUT2D eigenvalue weighted by atomic mass is 10.3. The van der Waals surface area contributed by atoms with E-state index in [2.05, 4.69) is 5.32 Å². The zero-order valence-electron chi connectivity index (χ0n) is 14.4. The van der Waals surface area contributed by atoms with Gasteiger partial charge in [-0.25, -0.2) is 4.90 Å². The first-order valence-electron chi connectivity index (χ1n) is 8.03. The van der Waals surface area contributed by atoms with Crippen molar-refractivity contribution in [3.63, 3.8) is 0 Å². The van der Waals surface area contributed by atoms with Gasteiger partial charge in [0.25, 0.3) is 0 Å². The van der Waals surface area contributed by atoms with Gasteiger partial charge in [0.05, 0.1) is 18.0 Å². The highest BCUT2D eigenvalue weighted by atomic mass is 32.2. The fraction of sp³-hybridized carbons (Fsp3) is 0.211. The quantitative estimate of drug-likeness (QED) is 0.819. The molecular formula is C19H18N2O4S. The highest BCUT2D eigenvalue weighted by Gasteiger charge is 2.40. The Morgan fingerprint density at radius 2 is 1.77 bits per heavy atom. The molecule has 1 heterocycles. The number of amides is 3. The SMILES string of the molecule is COc1ccc(N2C(=O)CC(Sc3ccc(NC(C)=O)cc3)C2=O)cc1. The summed E-state index contributed by atoms with van der Waals surface area (Å²) in [5.74, 6) is 0.0822. The topological polar surface area (TPSA) is 75.7 Å². The zero-order chi connectivity index (χ0) is 18.7. The number of carbonyl (C=O) groups excluding carboxylic acids is 3. The molecule has 0 saturated carbocycles. The summed E-state index contributed by atoms with van der Waals surface area (Å²) in [7, 11) is 1.56. The predicted molar refractivity (Wildman–Crippen MR) is 100 cm³/mol. The number of methoxy groups -OCH3 is 1. The van der Waals surface area contributed by atoms with Crippen LogP contribution in [-0.2, 0) is 14.4 Å². The second-order valence-electron chi connectivity index (χ2n) is 5.78. The zero-order valence-corrected chi connectivity index (χ0v) is 15.2. The van der Waals surface area contributed by atoms with Gasteiger partial charge in [0.2, 0.25) is 17.7 Å². The molecule has 0 aromatic heterocycles. The van der Waals surface area contributed by atoms with Gasteiger partial charge >= 0.3 is 0 Å². The summed E-state index contributed by atoms with van der Waals surface area (Å²) in [5, 5.41) is 2.23. The van der Waals surface area contributed by atoms with Crippen LogP contribution in [0.2, 0.25) is 0 Å². The molecule has 1 saturated heterocycles. The standard InChI is InChI=1S/C19H18N2O4S/c1-12(22)20-13-3-9-16(10-4-13)26-17-11-18(23)21(19(17)24)14-5-7-15(25-2)8-6-14/h3-10,17H,11H2,1-2H3,(H,20,22). The maximum absolute atomic E-state index is 12.7. The molecule has 6 nitrogen and oxygen atoms in total. The van der Waals surface area contributed by atoms with E-state index in [9.17, 15) is 14.4 Å². The smallest absolute Gasteiger partial charge is 0.247 e. The second kappa shape index (κ2) is 7.61. The number of hydrogen-bond donors (Lipinski definition) is 1. The average Bonchev–Trinajstić information content (AvgIpc) is 2.90. The monoisotopic (exact) mass is 370 g/mol. The molecule has 0 spiro atoms. The number of imide groups is 1. The van der Waals surface area contributed by atoms with Crippen LogP contribution in [0.5, 0.6) is 5.75 Å². The van der Waals surface area contributed by atoms with E-state index in [1.165, 1.54) is 23.6 Å². The highest BCUT2D eigenvalue weighted by molar-refractivity contribution is 8.00. The Morgan fingerprint density at radius 1 is 1.12 bits per heavy atom. The third-order valence-corrected chi connectivity index (χ3v) is 5.09. The van der Waals surface area contributed by atoms with E-state index in [0.717, 1.165) is 4.90 Å². The van der Waals surface area contributed by atoms with Gasteiger partial charge in [-0.1, -0.05) is 0 Å². The summed E-state index contributed by atoms with van der Waals surface area (Å²) in [6.07, 6.45) is 0.156. The normalized spacial score (nSPS) is 16.7. The van der Waals surface area contributed by atoms with Crippen LogP contribution in [0.3, 0.4) is 0 Å². The van der Waals surface area contributed by atoms with Gasteiger partial charge in [-0.3, -0.25) is 14.4 Å². The third-order valence-electron chi connectivity index (χ3n) is 3.89. The lowest BCUT2D eigenvalue weighted by Gasteiger charge is -2.15. The lowest BCUT2D eigenvalue weighted by Crippen LogP contribution is -2.31. The molecule has 0 aliphatic carbocycles. The number of benzene rings is 2. The Balaban J connectivity index is 1.71. The van der Waals surface area contributed by atoms with E-state index < -0.39 is 5.25 Å². The Hall–Kier alpha value is -2.80. The molecule has 7 heteroatoms. The van der Waals surface area contributed by atoms with Gasteiger partial charge in [-0.05, 0) is 48.5 Å². The molecule has 0 bridgehead atoms. The summed E-state index contributed by atoms with van der Waals surface area (Å²) < 4.78 is 5.10. The molecule has 134 valence electrons. The van der Waals surface area contributed by atoms with Gasteiger partial charge in [-0.15, -0.1) is 11.8 Å². The van der Waals surface area contributed by atoms with Crippen molar-refractivity contribution in [3.8, 4) is 5.75 Å². The molecule has 1 aliphatic heterocycles. The van der Waals surface area contributed by atoms with E-state index in [0.29, 0.717) is 17.1 Å². The summed E-state index contributed by atoms with van der Waals surface area (Å²) >= 11 is 1.35. The van der Waals surface area contributed by atoms with E-state index in [4.69, 9.17) is 4.74 Å². The molecule has 1 N–H and O–H groups in total. The molecule has 1 fully saturated rings. The van der Waals surface area contributed by atoms with E-state index in [-0.39, 0.29) is 24.1 Å². The largest absolute Gasteiger partial charge is 0.497 e. The minimum Gasteiger partial charge on any atom is -0.497 e. The molecule has 1 unspecified atom stereocenters. The molecule has 0 radical (unpaired) electrons. The Kier molecular flexibility index (Phi) is 5.27. The molecule has 3 rings (SSSR count). The van der Waals surface area contributed by atoms with Gasteiger partial charge < -0.3 is 10.1 Å². The van der Waals surface area contributed by atoms with Crippen molar-refractivity contribution in [3.05, 3.63) is 48.5 Å². The lowest BCUT2D eigenvalue weighted by molar-refractivity contribution is -0.121. The van der Waals surface area contributed by atoms with Crippen molar-refractivity contribution in [2.24, 2.45) is 0 Å². The molecule has 26 heavy (non-hydrogen) atoms. The van der Waals surface area contributed by atoms with Crippen molar-refractivity contribution in [2.45, 2.75) is 23.5 Å². The predicted octanol–water partition coefficient (Wildman–Crippen LogP) is 3.08. The molecule has 3 amide bonds. The summed E-state index contributed by atoms with van der Waals surface area (Å²) in [5.41, 5.74) is 1.24. The Morgan fingerprint density at radius 3 is 2.35 bits per heavy atom. The maximum atomic E-state index is 12.7. The molecule has 2 aromatic carbocycles. The van der Waals surface area contributed by atoms with Crippen LogP contribution in [0.25, 0.3) is 0 Å². The third kappa shape index (κ3) is 3.88. The highest BCUT2D eigenvalue weighted by Crippen LogP contribution is 2.34. The first kappa shape index (κ1) is 18.0. The number of carbonyl (C=O) groups is 3. The number of nitrogens with one attached hydrogen (secondary N) is 1. The second-order valence-corrected chi connectivity index (χ2v) is 7.06. The van der Waals surface area contributed by atoms with Crippen LogP contribution in [0.4, 0.5) is 11.4 Å². The van der Waals surface area contributed by atoms with Gasteiger partial charge in [0, 0.05) is 23.9 Å². The van der Waals surface area contributed by atoms with Crippen LogP contribution in [0, 0.1) is 0 Å². The molecule has 1 atom stereocenters. The molecular weight excluding hydrogens is 352 g/mol. The van der Waals surface area contributed by atoms with Crippen LogP contribution in [0.1, 0.15) is 13.3 Å². The molecule has 2 aromatic rings. The minimum absolute atomic E-state index is 0.142. The number of rotatable bonds is 5. The van der Waals surface area contributed by atoms with Crippen LogP contribution >= 0.6 is 11.8 Å². The Labute approximate surface area is 155 Å². The average molecular weight is 370 g/mol. The first-order chi connectivity index (χ1) is 12.5. The van der Waals surface area contributed by atoms with Crippen molar-refractivity contribution in [2.75, 3.05) is 17.3 Å². The number of ether oxygens (including phenoxy) is 1. The van der Waals surface area contributed by atoms with E-state index in [1.54, 1.807) is 43.5 Å².